The van der Waals surface area contributed by atoms with E-state index in [-0.39, 0.29) is 11.8 Å². The van der Waals surface area contributed by atoms with Crippen LogP contribution in [0.3, 0.4) is 0 Å². The topological polar surface area (TPSA) is 89.7 Å². The molecule has 0 aliphatic carbocycles. The number of carbonyl (C=O) groups excluding carboxylic acids is 1. The molecule has 0 spiro atoms. The highest BCUT2D eigenvalue weighted by molar-refractivity contribution is 5.79. The molecule has 0 saturated carbocycles. The summed E-state index contributed by atoms with van der Waals surface area (Å²) in [5.74, 6) is 2.57. The van der Waals surface area contributed by atoms with Gasteiger partial charge >= 0.3 is 0 Å². The van der Waals surface area contributed by atoms with Gasteiger partial charge in [-0.05, 0) is 57.9 Å². The maximum absolute atomic E-state index is 12.9. The Bertz CT molecular complexity index is 1110. The monoisotopic (exact) mass is 478 g/mol. The largest absolute Gasteiger partial charge is 0.490 e. The molecule has 8 nitrogen and oxygen atoms in total. The predicted molar refractivity (Wildman–Crippen MR) is 133 cm³/mol. The molecule has 1 atom stereocenters. The molecule has 2 heterocycles. The zero-order valence-corrected chi connectivity index (χ0v) is 20.8. The van der Waals surface area contributed by atoms with Gasteiger partial charge in [0.05, 0.1) is 25.7 Å². The van der Waals surface area contributed by atoms with Crippen LogP contribution in [0.5, 0.6) is 11.5 Å². The second kappa shape index (κ2) is 11.8. The maximum Gasteiger partial charge on any atom is 0.241 e. The first kappa shape index (κ1) is 24.7. The summed E-state index contributed by atoms with van der Waals surface area (Å²) >= 11 is 0. The SMILES string of the molecule is CCOc1ccc(CNC(=O)C2CCCN(Cc3nc(-c4ccc(C)cc4)no3)C2)cc1OCC. The number of carbonyl (C=O) groups is 1. The summed E-state index contributed by atoms with van der Waals surface area (Å²) in [7, 11) is 0. The summed E-state index contributed by atoms with van der Waals surface area (Å²) in [6.45, 7) is 9.63. The molecule has 1 aliphatic heterocycles. The first-order valence-corrected chi connectivity index (χ1v) is 12.3. The normalized spacial score (nSPS) is 16.1. The van der Waals surface area contributed by atoms with Crippen molar-refractivity contribution in [2.75, 3.05) is 26.3 Å². The van der Waals surface area contributed by atoms with E-state index < -0.39 is 0 Å². The number of nitrogens with zero attached hydrogens (tertiary/aromatic N) is 3. The fourth-order valence-electron chi connectivity index (χ4n) is 4.28. The molecule has 186 valence electrons. The van der Waals surface area contributed by atoms with Crippen LogP contribution in [0.1, 0.15) is 43.7 Å². The van der Waals surface area contributed by atoms with Crippen LogP contribution in [-0.2, 0) is 17.9 Å². The average Bonchev–Trinajstić information content (AvgIpc) is 3.33. The Kier molecular flexibility index (Phi) is 8.36. The van der Waals surface area contributed by atoms with Crippen molar-refractivity contribution >= 4 is 5.91 Å². The highest BCUT2D eigenvalue weighted by Crippen LogP contribution is 2.28. The van der Waals surface area contributed by atoms with Crippen molar-refractivity contribution in [3.8, 4) is 22.9 Å². The van der Waals surface area contributed by atoms with Crippen LogP contribution in [0.25, 0.3) is 11.4 Å². The number of piperidine rings is 1. The van der Waals surface area contributed by atoms with Crippen molar-refractivity contribution in [1.29, 1.82) is 0 Å². The van der Waals surface area contributed by atoms with E-state index >= 15 is 0 Å². The van der Waals surface area contributed by atoms with E-state index in [1.165, 1.54) is 5.56 Å². The molecule has 1 N–H and O–H groups in total. The third-order valence-electron chi connectivity index (χ3n) is 6.09. The van der Waals surface area contributed by atoms with Gasteiger partial charge in [-0.2, -0.15) is 4.98 Å². The number of aryl methyl sites for hydroxylation is 1. The Morgan fingerprint density at radius 3 is 2.66 bits per heavy atom. The van der Waals surface area contributed by atoms with Gasteiger partial charge in [-0.3, -0.25) is 9.69 Å². The van der Waals surface area contributed by atoms with E-state index in [0.717, 1.165) is 36.3 Å². The lowest BCUT2D eigenvalue weighted by molar-refractivity contribution is -0.127. The molecule has 1 amide bonds. The van der Waals surface area contributed by atoms with Crippen LogP contribution in [0, 0.1) is 12.8 Å². The molecule has 1 aliphatic rings. The van der Waals surface area contributed by atoms with Crippen LogP contribution >= 0.6 is 0 Å². The van der Waals surface area contributed by atoms with Crippen LogP contribution in [0.4, 0.5) is 0 Å². The molecular formula is C27H34N4O4. The summed E-state index contributed by atoms with van der Waals surface area (Å²) in [4.78, 5) is 19.7. The molecule has 35 heavy (non-hydrogen) atoms. The summed E-state index contributed by atoms with van der Waals surface area (Å²) in [5, 5.41) is 7.22. The Labute approximate surface area is 206 Å². The quantitative estimate of drug-likeness (QED) is 0.463. The molecule has 8 heteroatoms. The van der Waals surface area contributed by atoms with Crippen molar-refractivity contribution in [3.63, 3.8) is 0 Å². The minimum Gasteiger partial charge on any atom is -0.490 e. The lowest BCUT2D eigenvalue weighted by atomic mass is 9.97. The smallest absolute Gasteiger partial charge is 0.241 e. The summed E-state index contributed by atoms with van der Waals surface area (Å²) in [6, 6.07) is 13.8. The first-order chi connectivity index (χ1) is 17.1. The minimum absolute atomic E-state index is 0.0624. The number of nitrogens with one attached hydrogen (secondary N) is 1. The predicted octanol–water partition coefficient (Wildman–Crippen LogP) is 4.37. The van der Waals surface area contributed by atoms with Crippen LogP contribution in [-0.4, -0.2) is 47.3 Å². The van der Waals surface area contributed by atoms with Crippen LogP contribution in [0.15, 0.2) is 47.0 Å². The third-order valence-corrected chi connectivity index (χ3v) is 6.09. The molecule has 1 saturated heterocycles. The highest BCUT2D eigenvalue weighted by atomic mass is 16.5. The number of benzene rings is 2. The fraction of sp³-hybridized carbons (Fsp3) is 0.444. The number of hydrogen-bond donors (Lipinski definition) is 1. The van der Waals surface area contributed by atoms with Crippen LogP contribution in [0.2, 0.25) is 0 Å². The Morgan fingerprint density at radius 1 is 1.11 bits per heavy atom. The Balaban J connectivity index is 1.31. The average molecular weight is 479 g/mol. The Morgan fingerprint density at radius 2 is 1.89 bits per heavy atom. The molecule has 3 aromatic rings. The van der Waals surface area contributed by atoms with Crippen molar-refractivity contribution in [1.82, 2.24) is 20.4 Å². The van der Waals surface area contributed by atoms with E-state index in [9.17, 15) is 4.79 Å². The van der Waals surface area contributed by atoms with E-state index in [1.807, 2.05) is 63.2 Å². The lowest BCUT2D eigenvalue weighted by Gasteiger charge is -2.30. The van der Waals surface area contributed by atoms with Crippen molar-refractivity contribution < 1.29 is 18.8 Å². The van der Waals surface area contributed by atoms with E-state index in [2.05, 4.69) is 20.4 Å². The zero-order chi connectivity index (χ0) is 24.6. The number of hydrogen-bond acceptors (Lipinski definition) is 7. The van der Waals surface area contributed by atoms with Gasteiger partial charge < -0.3 is 19.3 Å². The fourth-order valence-corrected chi connectivity index (χ4v) is 4.28. The second-order valence-electron chi connectivity index (χ2n) is 8.82. The molecule has 1 aromatic heterocycles. The molecular weight excluding hydrogens is 444 g/mol. The summed E-state index contributed by atoms with van der Waals surface area (Å²) in [5.41, 5.74) is 3.10. The van der Waals surface area contributed by atoms with E-state index in [1.54, 1.807) is 0 Å². The van der Waals surface area contributed by atoms with Gasteiger partial charge in [0.2, 0.25) is 17.6 Å². The molecule has 0 bridgehead atoms. The van der Waals surface area contributed by atoms with E-state index in [4.69, 9.17) is 14.0 Å². The second-order valence-corrected chi connectivity index (χ2v) is 8.82. The van der Waals surface area contributed by atoms with Gasteiger partial charge in [-0.25, -0.2) is 0 Å². The lowest BCUT2D eigenvalue weighted by Crippen LogP contribution is -2.42. The van der Waals surface area contributed by atoms with Crippen LogP contribution < -0.4 is 14.8 Å². The molecule has 2 aromatic carbocycles. The first-order valence-electron chi connectivity index (χ1n) is 12.3. The van der Waals surface area contributed by atoms with Crippen molar-refractivity contribution in [2.24, 2.45) is 5.92 Å². The van der Waals surface area contributed by atoms with Crippen molar-refractivity contribution in [2.45, 2.75) is 46.7 Å². The molecule has 0 radical (unpaired) electrons. The zero-order valence-electron chi connectivity index (χ0n) is 20.8. The number of aromatic nitrogens is 2. The molecule has 4 rings (SSSR count). The van der Waals surface area contributed by atoms with Gasteiger partial charge in [0.25, 0.3) is 0 Å². The van der Waals surface area contributed by atoms with Gasteiger partial charge in [0, 0.05) is 18.7 Å². The molecule has 1 unspecified atom stereocenters. The van der Waals surface area contributed by atoms with Gasteiger partial charge in [-0.1, -0.05) is 41.1 Å². The number of ether oxygens (including phenoxy) is 2. The van der Waals surface area contributed by atoms with Crippen molar-refractivity contribution in [3.05, 3.63) is 59.5 Å². The van der Waals surface area contributed by atoms with E-state index in [0.29, 0.717) is 50.3 Å². The number of likely N-dealkylation sites (tertiary alicyclic amines) is 1. The minimum atomic E-state index is -0.0719. The Hall–Kier alpha value is -3.39. The highest BCUT2D eigenvalue weighted by Gasteiger charge is 2.27. The van der Waals surface area contributed by atoms with Gasteiger partial charge in [0.15, 0.2) is 11.5 Å². The summed E-state index contributed by atoms with van der Waals surface area (Å²) in [6.07, 6.45) is 1.82. The van der Waals surface area contributed by atoms with Gasteiger partial charge in [0.1, 0.15) is 0 Å². The number of rotatable bonds is 10. The number of amides is 1. The summed E-state index contributed by atoms with van der Waals surface area (Å²) < 4.78 is 16.8. The van der Waals surface area contributed by atoms with Gasteiger partial charge in [-0.15, -0.1) is 0 Å². The third kappa shape index (κ3) is 6.60. The maximum atomic E-state index is 12.9. The standard InChI is InChI=1S/C27H34N4O4/c1-4-33-23-13-10-20(15-24(23)34-5-2)16-28-27(32)22-7-6-14-31(17-22)18-25-29-26(30-35-25)21-11-8-19(3)9-12-21/h8-13,15,22H,4-7,14,16-18H2,1-3H3,(H,28,32). The molecule has 1 fully saturated rings.